The lowest BCUT2D eigenvalue weighted by Crippen LogP contribution is -2.48. The Morgan fingerprint density at radius 2 is 2.00 bits per heavy atom. The monoisotopic (exact) mass is 233 g/mol. The molecule has 0 spiro atoms. The second-order valence-corrected chi connectivity index (χ2v) is 7.05. The van der Waals surface area contributed by atoms with Gasteiger partial charge in [-0.15, -0.1) is 0 Å². The maximum Gasteiger partial charge on any atom is 0.154 e. The Bertz CT molecular complexity index is 324. The van der Waals surface area contributed by atoms with Crippen LogP contribution in [0, 0.1) is 5.92 Å². The number of hydrogen-bond acceptors (Lipinski definition) is 4. The number of rotatable bonds is 3. The topological polar surface area (TPSA) is 66.4 Å². The Labute approximate surface area is 91.0 Å². The average Bonchev–Trinajstić information content (AvgIpc) is 2.20. The quantitative estimate of drug-likeness (QED) is 0.716. The van der Waals surface area contributed by atoms with Gasteiger partial charge in [0.05, 0.1) is 17.6 Å². The first-order valence-electron chi connectivity index (χ1n) is 5.62. The third-order valence-corrected chi connectivity index (χ3v) is 5.37. The molecule has 2 rings (SSSR count). The molecule has 5 heteroatoms. The van der Waals surface area contributed by atoms with Crippen molar-refractivity contribution >= 4 is 9.84 Å². The minimum atomic E-state index is -3.02. The van der Waals surface area contributed by atoms with E-state index in [-0.39, 0.29) is 17.5 Å². The summed E-state index contributed by atoms with van der Waals surface area (Å²) in [6.07, 6.45) is 3.01. The zero-order chi connectivity index (χ0) is 11.1. The minimum absolute atomic E-state index is 0.0813. The molecule has 0 amide bonds. The lowest BCUT2D eigenvalue weighted by atomic mass is 9.80. The molecule has 0 aromatic carbocycles. The highest BCUT2D eigenvalue weighted by atomic mass is 32.2. The van der Waals surface area contributed by atoms with Crippen LogP contribution >= 0.6 is 0 Å². The number of hydrogen-bond donors (Lipinski definition) is 2. The van der Waals surface area contributed by atoms with E-state index in [9.17, 15) is 13.5 Å². The predicted octanol–water partition coefficient (Wildman–Crippen LogP) is -0.0775. The Morgan fingerprint density at radius 1 is 1.33 bits per heavy atom. The van der Waals surface area contributed by atoms with E-state index >= 15 is 0 Å². The third kappa shape index (κ3) is 2.52. The first-order chi connectivity index (χ1) is 6.98. The largest absolute Gasteiger partial charge is 0.390 e. The second kappa shape index (κ2) is 4.03. The number of nitrogens with one attached hydrogen (secondary N) is 1. The van der Waals surface area contributed by atoms with Crippen LogP contribution in [0.2, 0.25) is 0 Å². The number of sulfone groups is 1. The molecular weight excluding hydrogens is 214 g/mol. The third-order valence-electron chi connectivity index (χ3n) is 3.66. The van der Waals surface area contributed by atoms with Crippen molar-refractivity contribution < 1.29 is 13.5 Å². The summed E-state index contributed by atoms with van der Waals surface area (Å²) in [6.45, 7) is 2.08. The van der Waals surface area contributed by atoms with Gasteiger partial charge in [-0.3, -0.25) is 0 Å². The van der Waals surface area contributed by atoms with Crippen LogP contribution in [0.4, 0.5) is 0 Å². The fraction of sp³-hybridized carbons (Fsp3) is 1.00. The van der Waals surface area contributed by atoms with E-state index in [2.05, 4.69) is 12.2 Å². The molecule has 2 fully saturated rings. The van der Waals surface area contributed by atoms with E-state index < -0.39 is 15.9 Å². The fourth-order valence-corrected chi connectivity index (χ4v) is 4.16. The van der Waals surface area contributed by atoms with E-state index in [0.717, 1.165) is 0 Å². The zero-order valence-electron chi connectivity index (χ0n) is 9.02. The van der Waals surface area contributed by atoms with E-state index in [0.29, 0.717) is 12.0 Å². The Morgan fingerprint density at radius 3 is 2.40 bits per heavy atom. The van der Waals surface area contributed by atoms with Crippen LogP contribution in [0.15, 0.2) is 0 Å². The van der Waals surface area contributed by atoms with Crippen molar-refractivity contribution in [2.75, 3.05) is 11.5 Å². The van der Waals surface area contributed by atoms with Gasteiger partial charge < -0.3 is 10.4 Å². The lowest BCUT2D eigenvalue weighted by molar-refractivity contribution is 0.141. The maximum absolute atomic E-state index is 11.3. The second-order valence-electron chi connectivity index (χ2n) is 4.90. The molecule has 1 saturated heterocycles. The summed E-state index contributed by atoms with van der Waals surface area (Å²) in [5, 5.41) is 12.9. The highest BCUT2D eigenvalue weighted by Crippen LogP contribution is 2.30. The molecule has 88 valence electrons. The van der Waals surface area contributed by atoms with Gasteiger partial charge in [-0.25, -0.2) is 8.42 Å². The molecular formula is C10H19NO3S. The molecule has 3 unspecified atom stereocenters. The van der Waals surface area contributed by atoms with Crippen molar-refractivity contribution in [3.8, 4) is 0 Å². The molecule has 1 saturated carbocycles. The Hall–Kier alpha value is -0.130. The maximum atomic E-state index is 11.3. The lowest BCUT2D eigenvalue weighted by Gasteiger charge is -2.34. The molecule has 0 bridgehead atoms. The van der Waals surface area contributed by atoms with E-state index in [1.807, 2.05) is 0 Å². The van der Waals surface area contributed by atoms with Gasteiger partial charge in [0.1, 0.15) is 0 Å². The van der Waals surface area contributed by atoms with E-state index in [4.69, 9.17) is 0 Å². The molecule has 0 radical (unpaired) electrons. The highest BCUT2D eigenvalue weighted by molar-refractivity contribution is 7.91. The van der Waals surface area contributed by atoms with Crippen molar-refractivity contribution in [1.82, 2.24) is 5.32 Å². The summed E-state index contributed by atoms with van der Waals surface area (Å²) in [4.78, 5) is 0. The first-order valence-corrected chi connectivity index (χ1v) is 7.44. The molecule has 1 aliphatic carbocycles. The number of aliphatic hydroxyl groups is 1. The van der Waals surface area contributed by atoms with Crippen LogP contribution in [0.1, 0.15) is 26.2 Å². The smallest absolute Gasteiger partial charge is 0.154 e. The summed E-state index contributed by atoms with van der Waals surface area (Å²) in [5.74, 6) is 0.674. The SMILES string of the molecule is CC(NC1CS(=O)(=O)CC1O)C1CCC1. The normalized spacial score (nSPS) is 37.5. The number of aliphatic hydroxyl groups excluding tert-OH is 1. The average molecular weight is 233 g/mol. The highest BCUT2D eigenvalue weighted by Gasteiger charge is 2.38. The van der Waals surface area contributed by atoms with Crippen molar-refractivity contribution in [3.63, 3.8) is 0 Å². The van der Waals surface area contributed by atoms with Crippen molar-refractivity contribution in [3.05, 3.63) is 0 Å². The fourth-order valence-electron chi connectivity index (χ4n) is 2.40. The van der Waals surface area contributed by atoms with Crippen LogP contribution < -0.4 is 5.32 Å². The van der Waals surface area contributed by atoms with Crippen molar-refractivity contribution in [1.29, 1.82) is 0 Å². The van der Waals surface area contributed by atoms with Crippen molar-refractivity contribution in [2.45, 2.75) is 44.4 Å². The molecule has 0 aromatic rings. The Balaban J connectivity index is 1.89. The molecule has 1 heterocycles. The summed E-state index contributed by atoms with van der Waals surface area (Å²) < 4.78 is 22.6. The molecule has 15 heavy (non-hydrogen) atoms. The van der Waals surface area contributed by atoms with Crippen molar-refractivity contribution in [2.24, 2.45) is 5.92 Å². The van der Waals surface area contributed by atoms with E-state index in [1.165, 1.54) is 19.3 Å². The molecule has 2 aliphatic rings. The first kappa shape index (κ1) is 11.4. The van der Waals surface area contributed by atoms with Gasteiger partial charge in [0.2, 0.25) is 0 Å². The van der Waals surface area contributed by atoms with Crippen LogP contribution in [0.5, 0.6) is 0 Å². The Kier molecular flexibility index (Phi) is 3.05. The van der Waals surface area contributed by atoms with E-state index in [1.54, 1.807) is 0 Å². The van der Waals surface area contributed by atoms with Crippen LogP contribution in [0.25, 0.3) is 0 Å². The molecule has 3 atom stereocenters. The summed E-state index contributed by atoms with van der Waals surface area (Å²) in [6, 6.07) is 0.0669. The zero-order valence-corrected chi connectivity index (χ0v) is 9.83. The van der Waals surface area contributed by atoms with Gasteiger partial charge in [-0.05, 0) is 25.7 Å². The standard InChI is InChI=1S/C10H19NO3S/c1-7(8-3-2-4-8)11-9-5-15(13,14)6-10(9)12/h7-12H,2-6H2,1H3. The molecule has 4 nitrogen and oxygen atoms in total. The molecule has 1 aliphatic heterocycles. The molecule has 0 aromatic heterocycles. The van der Waals surface area contributed by atoms with Gasteiger partial charge in [0.25, 0.3) is 0 Å². The van der Waals surface area contributed by atoms with Gasteiger partial charge in [-0.1, -0.05) is 6.42 Å². The summed E-state index contributed by atoms with van der Waals surface area (Å²) in [7, 11) is -3.02. The predicted molar refractivity (Wildman–Crippen MR) is 58.4 cm³/mol. The van der Waals surface area contributed by atoms with Crippen LogP contribution in [-0.4, -0.2) is 43.2 Å². The van der Waals surface area contributed by atoms with Crippen LogP contribution in [-0.2, 0) is 9.84 Å². The van der Waals surface area contributed by atoms with Gasteiger partial charge in [-0.2, -0.15) is 0 Å². The summed E-state index contributed by atoms with van der Waals surface area (Å²) >= 11 is 0. The summed E-state index contributed by atoms with van der Waals surface area (Å²) in [5.41, 5.74) is 0. The van der Waals surface area contributed by atoms with Crippen LogP contribution in [0.3, 0.4) is 0 Å². The van der Waals surface area contributed by atoms with Gasteiger partial charge in [0, 0.05) is 12.1 Å². The molecule has 2 N–H and O–H groups in total. The van der Waals surface area contributed by atoms with Gasteiger partial charge in [0.15, 0.2) is 9.84 Å². The van der Waals surface area contributed by atoms with Gasteiger partial charge >= 0.3 is 0 Å². The minimum Gasteiger partial charge on any atom is -0.390 e.